The molecule has 2 rings (SSSR count). The molecule has 1 heterocycles. The van der Waals surface area contributed by atoms with Gasteiger partial charge in [-0.25, -0.2) is 14.8 Å². The van der Waals surface area contributed by atoms with Crippen molar-refractivity contribution in [1.29, 1.82) is 0 Å². The lowest BCUT2D eigenvalue weighted by atomic mass is 9.96. The van der Waals surface area contributed by atoms with E-state index in [1.54, 1.807) is 24.4 Å². The molecule has 0 saturated carbocycles. The number of halogens is 1. The molecule has 0 bridgehead atoms. The Balaban J connectivity index is 2.47. The summed E-state index contributed by atoms with van der Waals surface area (Å²) in [5.41, 5.74) is 4.15. The third kappa shape index (κ3) is 3.28. The minimum absolute atomic E-state index is 0.204. The summed E-state index contributed by atoms with van der Waals surface area (Å²) in [6.07, 6.45) is 3.57. The minimum atomic E-state index is -0.350. The van der Waals surface area contributed by atoms with Crippen LogP contribution < -0.4 is 0 Å². The van der Waals surface area contributed by atoms with Crippen molar-refractivity contribution in [2.75, 3.05) is 7.11 Å². The van der Waals surface area contributed by atoms with Crippen LogP contribution in [0.1, 0.15) is 34.1 Å². The Labute approximate surface area is 128 Å². The molecular weight excluding hydrogens is 288 g/mol. The van der Waals surface area contributed by atoms with Gasteiger partial charge in [0.2, 0.25) is 5.28 Å². The number of hydrogen-bond donors (Lipinski definition) is 0. The molecule has 0 unspecified atom stereocenters. The summed E-state index contributed by atoms with van der Waals surface area (Å²) in [7, 11) is 1.37. The highest BCUT2D eigenvalue weighted by Crippen LogP contribution is 2.26. The van der Waals surface area contributed by atoms with Crippen LogP contribution >= 0.6 is 11.6 Å². The van der Waals surface area contributed by atoms with Crippen LogP contribution in [0.5, 0.6) is 0 Å². The van der Waals surface area contributed by atoms with Crippen molar-refractivity contribution in [3.8, 4) is 0 Å². The van der Waals surface area contributed by atoms with E-state index in [4.69, 9.17) is 16.3 Å². The van der Waals surface area contributed by atoms with Gasteiger partial charge >= 0.3 is 5.97 Å². The Morgan fingerprint density at radius 3 is 2.67 bits per heavy atom. The molecule has 0 aliphatic rings. The molecule has 2 aromatic rings. The first-order chi connectivity index (χ1) is 10.1. The SMILES string of the molecule is C/C=C(/c1ccnc(Cl)n1)c1ccc(C(=O)OC)cc1C. The summed E-state index contributed by atoms with van der Waals surface area (Å²) in [5.74, 6) is -0.350. The molecule has 1 aromatic heterocycles. The summed E-state index contributed by atoms with van der Waals surface area (Å²) in [6.45, 7) is 3.87. The largest absolute Gasteiger partial charge is 0.465 e. The van der Waals surface area contributed by atoms with Crippen LogP contribution in [0.2, 0.25) is 5.28 Å². The molecule has 21 heavy (non-hydrogen) atoms. The molecule has 0 amide bonds. The first-order valence-electron chi connectivity index (χ1n) is 6.41. The maximum atomic E-state index is 11.6. The summed E-state index contributed by atoms with van der Waals surface area (Å²) < 4.78 is 4.73. The Morgan fingerprint density at radius 1 is 1.33 bits per heavy atom. The van der Waals surface area contributed by atoms with E-state index in [9.17, 15) is 4.79 Å². The maximum Gasteiger partial charge on any atom is 0.337 e. The van der Waals surface area contributed by atoms with Crippen LogP contribution in [-0.2, 0) is 4.74 Å². The van der Waals surface area contributed by atoms with Gasteiger partial charge in [0.1, 0.15) is 0 Å². The van der Waals surface area contributed by atoms with Gasteiger partial charge in [-0.1, -0.05) is 12.1 Å². The Kier molecular flexibility index (Phi) is 4.70. The molecule has 0 atom stereocenters. The number of methoxy groups -OCH3 is 1. The maximum absolute atomic E-state index is 11.6. The first kappa shape index (κ1) is 15.2. The van der Waals surface area contributed by atoms with E-state index in [1.807, 2.05) is 26.0 Å². The molecule has 108 valence electrons. The van der Waals surface area contributed by atoms with Crippen molar-refractivity contribution >= 4 is 23.1 Å². The number of carbonyl (C=O) groups is 1. The number of carbonyl (C=O) groups excluding carboxylic acids is 1. The fraction of sp³-hybridized carbons (Fsp3) is 0.188. The van der Waals surface area contributed by atoms with Gasteiger partial charge in [-0.2, -0.15) is 0 Å². The summed E-state index contributed by atoms with van der Waals surface area (Å²) in [4.78, 5) is 19.7. The zero-order valence-corrected chi connectivity index (χ0v) is 12.8. The number of ether oxygens (including phenoxy) is 1. The number of nitrogens with zero attached hydrogens (tertiary/aromatic N) is 2. The molecule has 0 aliphatic carbocycles. The number of allylic oxidation sites excluding steroid dienone is 1. The van der Waals surface area contributed by atoms with E-state index < -0.39 is 0 Å². The van der Waals surface area contributed by atoms with E-state index in [1.165, 1.54) is 7.11 Å². The molecule has 4 nitrogen and oxygen atoms in total. The highest BCUT2D eigenvalue weighted by molar-refractivity contribution is 6.28. The number of aromatic nitrogens is 2. The van der Waals surface area contributed by atoms with Gasteiger partial charge in [-0.3, -0.25) is 0 Å². The summed E-state index contributed by atoms with van der Waals surface area (Å²) >= 11 is 5.85. The zero-order valence-electron chi connectivity index (χ0n) is 12.1. The molecule has 5 heteroatoms. The second-order valence-corrected chi connectivity index (χ2v) is 4.77. The van der Waals surface area contributed by atoms with Gasteiger partial charge in [0.15, 0.2) is 0 Å². The van der Waals surface area contributed by atoms with Crippen LogP contribution in [0.15, 0.2) is 36.5 Å². The lowest BCUT2D eigenvalue weighted by molar-refractivity contribution is 0.0600. The van der Waals surface area contributed by atoms with Crippen LogP contribution in [-0.4, -0.2) is 23.0 Å². The Morgan fingerprint density at radius 2 is 2.10 bits per heavy atom. The van der Waals surface area contributed by atoms with Crippen molar-refractivity contribution in [3.63, 3.8) is 0 Å². The number of benzene rings is 1. The van der Waals surface area contributed by atoms with Gasteiger partial charge < -0.3 is 4.74 Å². The summed E-state index contributed by atoms with van der Waals surface area (Å²) in [6, 6.07) is 7.22. The average Bonchev–Trinajstić information content (AvgIpc) is 2.49. The second kappa shape index (κ2) is 6.50. The molecule has 0 aliphatic heterocycles. The van der Waals surface area contributed by atoms with Gasteiger partial charge in [0.05, 0.1) is 18.4 Å². The normalized spacial score (nSPS) is 11.3. The standard InChI is InChI=1S/C16H15ClN2O2/c1-4-12(14-7-8-18-16(17)19-14)13-6-5-11(9-10(13)2)15(20)21-3/h4-9H,1-3H3/b12-4+. The van der Waals surface area contributed by atoms with Crippen LogP contribution in [0.4, 0.5) is 0 Å². The van der Waals surface area contributed by atoms with Crippen LogP contribution in [0.3, 0.4) is 0 Å². The van der Waals surface area contributed by atoms with Gasteiger partial charge in [-0.15, -0.1) is 0 Å². The fourth-order valence-corrected chi connectivity index (χ4v) is 2.28. The minimum Gasteiger partial charge on any atom is -0.465 e. The number of aryl methyl sites for hydroxylation is 1. The van der Waals surface area contributed by atoms with Crippen molar-refractivity contribution in [3.05, 3.63) is 64.2 Å². The zero-order chi connectivity index (χ0) is 15.4. The van der Waals surface area contributed by atoms with E-state index in [0.717, 1.165) is 22.4 Å². The topological polar surface area (TPSA) is 52.1 Å². The lowest BCUT2D eigenvalue weighted by Crippen LogP contribution is -2.03. The van der Waals surface area contributed by atoms with Crippen LogP contribution in [0.25, 0.3) is 5.57 Å². The molecule has 0 spiro atoms. The Bertz CT molecular complexity index is 711. The van der Waals surface area contributed by atoms with Gasteiger partial charge in [0, 0.05) is 11.8 Å². The third-order valence-electron chi connectivity index (χ3n) is 3.13. The molecule has 0 N–H and O–H groups in total. The highest BCUT2D eigenvalue weighted by Gasteiger charge is 2.12. The highest BCUT2D eigenvalue weighted by atomic mass is 35.5. The van der Waals surface area contributed by atoms with Crippen molar-refractivity contribution in [2.45, 2.75) is 13.8 Å². The average molecular weight is 303 g/mol. The molecule has 0 fully saturated rings. The van der Waals surface area contributed by atoms with Crippen molar-refractivity contribution in [1.82, 2.24) is 9.97 Å². The number of rotatable bonds is 3. The predicted molar refractivity (Wildman–Crippen MR) is 82.3 cm³/mol. The van der Waals surface area contributed by atoms with Gasteiger partial charge in [-0.05, 0) is 54.8 Å². The molecule has 0 radical (unpaired) electrons. The van der Waals surface area contributed by atoms with E-state index in [0.29, 0.717) is 5.56 Å². The molecular formula is C16H15ClN2O2. The van der Waals surface area contributed by atoms with E-state index in [2.05, 4.69) is 9.97 Å². The van der Waals surface area contributed by atoms with Crippen molar-refractivity contribution in [2.24, 2.45) is 0 Å². The lowest BCUT2D eigenvalue weighted by Gasteiger charge is -2.11. The smallest absolute Gasteiger partial charge is 0.337 e. The van der Waals surface area contributed by atoms with E-state index in [-0.39, 0.29) is 11.3 Å². The predicted octanol–water partition coefficient (Wildman–Crippen LogP) is 3.68. The second-order valence-electron chi connectivity index (χ2n) is 4.43. The third-order valence-corrected chi connectivity index (χ3v) is 3.31. The number of esters is 1. The van der Waals surface area contributed by atoms with E-state index >= 15 is 0 Å². The van der Waals surface area contributed by atoms with Crippen molar-refractivity contribution < 1.29 is 9.53 Å². The monoisotopic (exact) mass is 302 g/mol. The first-order valence-corrected chi connectivity index (χ1v) is 6.79. The summed E-state index contributed by atoms with van der Waals surface area (Å²) in [5, 5.41) is 0.204. The molecule has 0 saturated heterocycles. The fourth-order valence-electron chi connectivity index (χ4n) is 2.14. The van der Waals surface area contributed by atoms with Crippen LogP contribution in [0, 0.1) is 6.92 Å². The van der Waals surface area contributed by atoms with Gasteiger partial charge in [0.25, 0.3) is 0 Å². The quantitative estimate of drug-likeness (QED) is 0.641. The Hall–Kier alpha value is -2.20. The molecule has 1 aromatic carbocycles. The number of hydrogen-bond acceptors (Lipinski definition) is 4.